The summed E-state index contributed by atoms with van der Waals surface area (Å²) in [5.74, 6) is 1.05. The van der Waals surface area contributed by atoms with Gasteiger partial charge < -0.3 is 9.47 Å². The molecule has 1 N–H and O–H groups in total. The van der Waals surface area contributed by atoms with Gasteiger partial charge in [0.1, 0.15) is 23.1 Å². The summed E-state index contributed by atoms with van der Waals surface area (Å²) in [7, 11) is 0. The maximum Gasteiger partial charge on any atom is 0.412 e. The first-order valence-corrected chi connectivity index (χ1v) is 13.6. The summed E-state index contributed by atoms with van der Waals surface area (Å²) < 4.78 is 24.7. The second-order valence-electron chi connectivity index (χ2n) is 10.4. The Morgan fingerprint density at radius 3 is 2.56 bits per heavy atom. The minimum atomic E-state index is -1.00. The van der Waals surface area contributed by atoms with Crippen molar-refractivity contribution in [3.05, 3.63) is 52.5 Å². The molecule has 2 aromatic heterocycles. The van der Waals surface area contributed by atoms with Gasteiger partial charge in [-0.3, -0.25) is 24.7 Å². The van der Waals surface area contributed by atoms with Crippen LogP contribution in [0.3, 0.4) is 0 Å². The lowest BCUT2D eigenvalue weighted by molar-refractivity contribution is -0.118. The van der Waals surface area contributed by atoms with Crippen LogP contribution in [0.25, 0.3) is 0 Å². The van der Waals surface area contributed by atoms with Gasteiger partial charge in [0.05, 0.1) is 24.2 Å². The van der Waals surface area contributed by atoms with Crippen molar-refractivity contribution in [3.63, 3.8) is 0 Å². The van der Waals surface area contributed by atoms with Crippen molar-refractivity contribution >= 4 is 46.6 Å². The van der Waals surface area contributed by atoms with Crippen molar-refractivity contribution in [1.82, 2.24) is 15.0 Å². The molecule has 1 aliphatic rings. The van der Waals surface area contributed by atoms with Crippen LogP contribution >= 0.6 is 11.3 Å². The maximum absolute atomic E-state index is 13.9. The Balaban J connectivity index is 1.78. The molecule has 4 rings (SSSR count). The number of nitrogens with zero attached hydrogens (tertiary/aromatic N) is 5. The molecule has 1 fully saturated rings. The molecule has 1 aromatic carbocycles. The van der Waals surface area contributed by atoms with Crippen LogP contribution in [0.15, 0.2) is 36.0 Å². The number of rotatable bonds is 7. The van der Waals surface area contributed by atoms with E-state index in [-0.39, 0.29) is 42.1 Å². The molecule has 3 aromatic rings. The number of anilines is 3. The van der Waals surface area contributed by atoms with Crippen LogP contribution in [0.4, 0.5) is 26.5 Å². The number of aromatic nitrogens is 3. The number of hydrogen-bond acceptors (Lipinski definition) is 9. The van der Waals surface area contributed by atoms with Crippen molar-refractivity contribution in [2.75, 3.05) is 21.7 Å². The van der Waals surface area contributed by atoms with Gasteiger partial charge in [0.15, 0.2) is 10.8 Å². The van der Waals surface area contributed by atoms with E-state index >= 15 is 0 Å². The van der Waals surface area contributed by atoms with Crippen LogP contribution in [-0.4, -0.2) is 57.2 Å². The summed E-state index contributed by atoms with van der Waals surface area (Å²) >= 11 is 1.12. The summed E-state index contributed by atoms with van der Waals surface area (Å²) in [5.41, 5.74) is -0.168. The number of nitrogens with one attached hydrogen (secondary N) is 1. The molecule has 41 heavy (non-hydrogen) atoms. The lowest BCUT2D eigenvalue weighted by Gasteiger charge is -2.28. The van der Waals surface area contributed by atoms with Crippen molar-refractivity contribution in [1.29, 1.82) is 0 Å². The Hall–Kier alpha value is -4.57. The Kier molecular flexibility index (Phi) is 8.53. The van der Waals surface area contributed by atoms with Crippen LogP contribution in [0, 0.1) is 18.2 Å². The molecular formula is C28H29FN6O5S. The van der Waals surface area contributed by atoms with E-state index in [2.05, 4.69) is 26.2 Å². The van der Waals surface area contributed by atoms with Crippen molar-refractivity contribution in [2.45, 2.75) is 58.8 Å². The van der Waals surface area contributed by atoms with Gasteiger partial charge in [-0.25, -0.2) is 24.1 Å². The van der Waals surface area contributed by atoms with E-state index in [1.807, 2.05) is 13.8 Å². The average molecular weight is 581 g/mol. The van der Waals surface area contributed by atoms with Gasteiger partial charge in [0.2, 0.25) is 5.95 Å². The molecule has 0 radical (unpaired) electrons. The third kappa shape index (κ3) is 7.15. The topological polar surface area (TPSA) is 127 Å². The molecule has 3 heterocycles. The van der Waals surface area contributed by atoms with Gasteiger partial charge in [-0.2, -0.15) is 0 Å². The minimum absolute atomic E-state index is 0.0127. The minimum Gasteiger partial charge on any atom is -0.491 e. The molecule has 11 nitrogen and oxygen atoms in total. The second-order valence-corrected chi connectivity index (χ2v) is 11.2. The van der Waals surface area contributed by atoms with Crippen LogP contribution in [0.5, 0.6) is 5.75 Å². The molecule has 0 bridgehead atoms. The fraction of sp³-hybridized carbons (Fsp3) is 0.357. The number of hydrogen-bond donors (Lipinski definition) is 1. The molecule has 3 amide bonds. The third-order valence-electron chi connectivity index (χ3n) is 5.59. The Morgan fingerprint density at radius 1 is 1.24 bits per heavy atom. The van der Waals surface area contributed by atoms with Gasteiger partial charge in [-0.1, -0.05) is 0 Å². The van der Waals surface area contributed by atoms with E-state index in [0.717, 1.165) is 23.7 Å². The Labute approximate surface area is 240 Å². The van der Waals surface area contributed by atoms with Crippen molar-refractivity contribution < 1.29 is 28.2 Å². The van der Waals surface area contributed by atoms with Gasteiger partial charge >= 0.3 is 6.09 Å². The molecule has 1 atom stereocenters. The SMILES string of the molecule is C#Cc1nc(C(=O)N(c2cc(NC(=O)OC(C)(C)C)cc(OC(C)C)c2)C2CCN(c3ncc(F)cn3)C2=O)cs1. The lowest BCUT2D eigenvalue weighted by atomic mass is 10.1. The summed E-state index contributed by atoms with van der Waals surface area (Å²) in [4.78, 5) is 54.8. The first kappa shape index (κ1) is 29.4. The van der Waals surface area contributed by atoms with Gasteiger partial charge in [-0.15, -0.1) is 17.8 Å². The summed E-state index contributed by atoms with van der Waals surface area (Å²) in [6.07, 6.45) is 6.65. The fourth-order valence-electron chi connectivity index (χ4n) is 4.10. The molecule has 0 spiro atoms. The molecule has 1 unspecified atom stereocenters. The van der Waals surface area contributed by atoms with E-state index < -0.39 is 35.4 Å². The average Bonchev–Trinajstić information content (AvgIpc) is 3.50. The first-order valence-electron chi connectivity index (χ1n) is 12.7. The number of terminal acetylenes is 1. The highest BCUT2D eigenvalue weighted by atomic mass is 32.1. The van der Waals surface area contributed by atoms with E-state index in [0.29, 0.717) is 10.8 Å². The molecule has 13 heteroatoms. The zero-order valence-corrected chi connectivity index (χ0v) is 24.0. The van der Waals surface area contributed by atoms with E-state index in [4.69, 9.17) is 15.9 Å². The van der Waals surface area contributed by atoms with Gasteiger partial charge in [-0.05, 0) is 53.0 Å². The highest BCUT2D eigenvalue weighted by molar-refractivity contribution is 7.10. The second kappa shape index (κ2) is 11.9. The normalized spacial score (nSPS) is 15.0. The highest BCUT2D eigenvalue weighted by Crippen LogP contribution is 2.34. The predicted octanol–water partition coefficient (Wildman–Crippen LogP) is 4.64. The number of benzene rings is 1. The summed E-state index contributed by atoms with van der Waals surface area (Å²) in [5, 5.41) is 4.49. The predicted molar refractivity (Wildman–Crippen MR) is 152 cm³/mol. The van der Waals surface area contributed by atoms with Crippen LogP contribution in [0.1, 0.15) is 56.5 Å². The van der Waals surface area contributed by atoms with Crippen LogP contribution in [0.2, 0.25) is 0 Å². The lowest BCUT2D eigenvalue weighted by Crippen LogP contribution is -2.46. The standard InChI is InChI=1S/C28H29FN6O5S/c1-7-23-33-21(15-41-23)24(36)35(22-8-9-34(25(22)37)26-30-13-17(29)14-31-26)19-10-18(11-20(12-19)39-16(2)3)32-27(38)40-28(4,5)6/h1,10-16,22H,8-9H2,2-6H3,(H,32,38). The molecule has 0 saturated carbocycles. The Bertz CT molecular complexity index is 1490. The summed E-state index contributed by atoms with van der Waals surface area (Å²) in [6.45, 7) is 9.03. The number of halogens is 1. The summed E-state index contributed by atoms with van der Waals surface area (Å²) in [6, 6.07) is 3.71. The van der Waals surface area contributed by atoms with Crippen LogP contribution < -0.4 is 19.9 Å². The molecule has 214 valence electrons. The zero-order chi connectivity index (χ0) is 29.9. The monoisotopic (exact) mass is 580 g/mol. The number of thiazole rings is 1. The highest BCUT2D eigenvalue weighted by Gasteiger charge is 2.42. The van der Waals surface area contributed by atoms with E-state index in [1.165, 1.54) is 21.2 Å². The quantitative estimate of drug-likeness (QED) is 0.401. The van der Waals surface area contributed by atoms with Crippen molar-refractivity contribution in [2.24, 2.45) is 0 Å². The molecule has 1 aliphatic heterocycles. The first-order chi connectivity index (χ1) is 19.3. The molecule has 0 aliphatic carbocycles. The fourth-order valence-corrected chi connectivity index (χ4v) is 4.70. The maximum atomic E-state index is 13.9. The number of amides is 3. The molecule has 1 saturated heterocycles. The van der Waals surface area contributed by atoms with Crippen molar-refractivity contribution in [3.8, 4) is 18.1 Å². The van der Waals surface area contributed by atoms with Gasteiger partial charge in [0, 0.05) is 29.7 Å². The van der Waals surface area contributed by atoms with Crippen LogP contribution in [-0.2, 0) is 9.53 Å². The Morgan fingerprint density at radius 2 is 1.95 bits per heavy atom. The van der Waals surface area contributed by atoms with E-state index in [9.17, 15) is 18.8 Å². The number of ether oxygens (including phenoxy) is 2. The number of carbonyl (C=O) groups is 3. The largest absolute Gasteiger partial charge is 0.491 e. The van der Waals surface area contributed by atoms with E-state index in [1.54, 1.807) is 32.9 Å². The third-order valence-corrected chi connectivity index (χ3v) is 6.36. The number of carbonyl (C=O) groups excluding carboxylic acids is 3. The van der Waals surface area contributed by atoms with Gasteiger partial charge in [0.25, 0.3) is 11.8 Å². The smallest absolute Gasteiger partial charge is 0.412 e. The zero-order valence-electron chi connectivity index (χ0n) is 23.2. The molecular weight excluding hydrogens is 551 g/mol.